The molecule has 0 saturated carbocycles. The lowest BCUT2D eigenvalue weighted by atomic mass is 10.1. The van der Waals surface area contributed by atoms with Crippen LogP contribution in [0.5, 0.6) is 5.75 Å². The molecule has 3 unspecified atom stereocenters. The number of aromatic nitrogens is 1. The van der Waals surface area contributed by atoms with Crippen LogP contribution in [0.15, 0.2) is 58.6 Å². The lowest BCUT2D eigenvalue weighted by Gasteiger charge is -2.24. The van der Waals surface area contributed by atoms with E-state index < -0.39 is 35.3 Å². The number of carbonyl (C=O) groups excluding carboxylic acids is 2. The lowest BCUT2D eigenvalue weighted by Crippen LogP contribution is -2.41. The molecule has 0 bridgehead atoms. The second-order valence-corrected chi connectivity index (χ2v) is 6.04. The number of fused-ring (bicyclic) bond motifs is 1. The highest BCUT2D eigenvalue weighted by molar-refractivity contribution is 6.18. The minimum Gasteiger partial charge on any atom is -0.407 e. The van der Waals surface area contributed by atoms with Gasteiger partial charge < -0.3 is 9.47 Å². The Labute approximate surface area is 163 Å². The van der Waals surface area contributed by atoms with Gasteiger partial charge in [-0.2, -0.15) is 0 Å². The number of pyridine rings is 1. The number of carbonyl (C=O) groups is 2. The van der Waals surface area contributed by atoms with E-state index in [2.05, 4.69) is 15.0 Å². The SMILES string of the molecule is O=C(Oc1ccc([N+](=O)[O-])cc1)OC1C2N=CC=NC2C(=O)N1c1ccccn1. The third-order valence-electron chi connectivity index (χ3n) is 4.29. The van der Waals surface area contributed by atoms with Crippen LogP contribution < -0.4 is 9.64 Å². The largest absolute Gasteiger partial charge is 0.515 e. The molecular weight excluding hydrogens is 382 g/mol. The van der Waals surface area contributed by atoms with E-state index in [4.69, 9.17) is 9.47 Å². The number of aliphatic imine (C=N–C) groups is 2. The van der Waals surface area contributed by atoms with Crippen LogP contribution in [0, 0.1) is 10.1 Å². The monoisotopic (exact) mass is 395 g/mol. The van der Waals surface area contributed by atoms with E-state index in [-0.39, 0.29) is 17.3 Å². The summed E-state index contributed by atoms with van der Waals surface area (Å²) in [5, 5.41) is 10.7. The first-order valence-corrected chi connectivity index (χ1v) is 8.46. The quantitative estimate of drug-likeness (QED) is 0.333. The lowest BCUT2D eigenvalue weighted by molar-refractivity contribution is -0.384. The predicted molar refractivity (Wildman–Crippen MR) is 100 cm³/mol. The van der Waals surface area contributed by atoms with Crippen LogP contribution in [-0.2, 0) is 9.53 Å². The summed E-state index contributed by atoms with van der Waals surface area (Å²) in [6.45, 7) is 0. The van der Waals surface area contributed by atoms with Crippen LogP contribution in [0.4, 0.5) is 16.3 Å². The van der Waals surface area contributed by atoms with E-state index >= 15 is 0 Å². The third-order valence-corrected chi connectivity index (χ3v) is 4.29. The maximum atomic E-state index is 12.8. The molecule has 1 fully saturated rings. The molecule has 4 rings (SSSR count). The molecule has 2 aliphatic rings. The molecule has 0 radical (unpaired) electrons. The Bertz CT molecular complexity index is 1010. The first-order chi connectivity index (χ1) is 14.0. The Morgan fingerprint density at radius 1 is 1.10 bits per heavy atom. The minimum absolute atomic E-state index is 0.0519. The summed E-state index contributed by atoms with van der Waals surface area (Å²) in [5.41, 5.74) is -0.148. The van der Waals surface area contributed by atoms with Crippen molar-refractivity contribution in [1.29, 1.82) is 0 Å². The minimum atomic E-state index is -1.11. The summed E-state index contributed by atoms with van der Waals surface area (Å²) in [5.74, 6) is -0.0728. The molecule has 1 aromatic heterocycles. The number of anilines is 1. The fourth-order valence-corrected chi connectivity index (χ4v) is 3.02. The number of ether oxygens (including phenoxy) is 2. The molecule has 2 aliphatic heterocycles. The number of nitro benzene ring substituents is 1. The molecule has 11 heteroatoms. The van der Waals surface area contributed by atoms with Gasteiger partial charge in [0.1, 0.15) is 17.6 Å². The number of hydrogen-bond donors (Lipinski definition) is 0. The third kappa shape index (κ3) is 3.52. The topological polar surface area (TPSA) is 137 Å². The first kappa shape index (κ1) is 18.2. The smallest absolute Gasteiger partial charge is 0.407 e. The molecule has 3 atom stereocenters. The Hall–Kier alpha value is -4.15. The number of hydrogen-bond acceptors (Lipinski definition) is 9. The van der Waals surface area contributed by atoms with E-state index in [9.17, 15) is 19.7 Å². The molecule has 1 amide bonds. The fourth-order valence-electron chi connectivity index (χ4n) is 3.02. The van der Waals surface area contributed by atoms with Crippen LogP contribution in [0.3, 0.4) is 0 Å². The summed E-state index contributed by atoms with van der Waals surface area (Å²) >= 11 is 0. The van der Waals surface area contributed by atoms with E-state index in [0.29, 0.717) is 0 Å². The standard InChI is InChI=1S/C18H13N5O6/c24-16-14-15(21-10-9-20-14)17(22(16)13-3-1-2-8-19-13)29-18(25)28-12-6-4-11(5-7-12)23(26)27/h1-10,14-15,17H. The summed E-state index contributed by atoms with van der Waals surface area (Å²) in [6, 6.07) is 8.31. The first-order valence-electron chi connectivity index (χ1n) is 8.46. The van der Waals surface area contributed by atoms with Gasteiger partial charge in [-0.1, -0.05) is 6.07 Å². The Balaban J connectivity index is 1.55. The highest BCUT2D eigenvalue weighted by Gasteiger charge is 2.52. The average Bonchev–Trinajstić information content (AvgIpc) is 3.01. The van der Waals surface area contributed by atoms with E-state index in [1.165, 1.54) is 47.8 Å². The number of amides is 1. The van der Waals surface area contributed by atoms with Crippen molar-refractivity contribution < 1.29 is 24.0 Å². The average molecular weight is 395 g/mol. The Kier molecular flexibility index (Phi) is 4.69. The molecule has 1 aromatic carbocycles. The number of benzene rings is 1. The molecule has 1 saturated heterocycles. The van der Waals surface area contributed by atoms with Crippen LogP contribution in [0.25, 0.3) is 0 Å². The fraction of sp³-hybridized carbons (Fsp3) is 0.167. The van der Waals surface area contributed by atoms with E-state index in [1.807, 2.05) is 0 Å². The number of non-ortho nitro benzene ring substituents is 1. The van der Waals surface area contributed by atoms with Crippen molar-refractivity contribution in [3.63, 3.8) is 0 Å². The van der Waals surface area contributed by atoms with Crippen molar-refractivity contribution in [3.8, 4) is 5.75 Å². The Morgan fingerprint density at radius 2 is 1.86 bits per heavy atom. The number of nitro groups is 1. The van der Waals surface area contributed by atoms with Crippen molar-refractivity contribution in [2.24, 2.45) is 9.98 Å². The second kappa shape index (κ2) is 7.46. The van der Waals surface area contributed by atoms with E-state index in [1.54, 1.807) is 18.2 Å². The van der Waals surface area contributed by atoms with Gasteiger partial charge in [-0.3, -0.25) is 29.8 Å². The van der Waals surface area contributed by atoms with Gasteiger partial charge in [0.15, 0.2) is 6.04 Å². The van der Waals surface area contributed by atoms with Gasteiger partial charge in [-0.15, -0.1) is 0 Å². The summed E-state index contributed by atoms with van der Waals surface area (Å²) in [6.07, 6.45) is 2.13. The number of nitrogens with zero attached hydrogens (tertiary/aromatic N) is 5. The van der Waals surface area contributed by atoms with E-state index in [0.717, 1.165) is 0 Å². The van der Waals surface area contributed by atoms with Gasteiger partial charge in [0.2, 0.25) is 6.23 Å². The molecular formula is C18H13N5O6. The Morgan fingerprint density at radius 3 is 2.55 bits per heavy atom. The summed E-state index contributed by atoms with van der Waals surface area (Å²) in [7, 11) is 0. The zero-order chi connectivity index (χ0) is 20.4. The van der Waals surface area contributed by atoms with Gasteiger partial charge in [-0.05, 0) is 24.3 Å². The van der Waals surface area contributed by atoms with Crippen LogP contribution >= 0.6 is 0 Å². The van der Waals surface area contributed by atoms with Crippen LogP contribution in [-0.4, -0.2) is 52.7 Å². The van der Waals surface area contributed by atoms with Gasteiger partial charge in [-0.25, -0.2) is 9.78 Å². The molecule has 3 heterocycles. The van der Waals surface area contributed by atoms with Crippen molar-refractivity contribution >= 4 is 36.0 Å². The van der Waals surface area contributed by atoms with Crippen molar-refractivity contribution in [1.82, 2.24) is 4.98 Å². The predicted octanol–water partition coefficient (Wildman–Crippen LogP) is 1.77. The zero-order valence-electron chi connectivity index (χ0n) is 14.7. The maximum Gasteiger partial charge on any atom is 0.515 e. The van der Waals surface area contributed by atoms with Gasteiger partial charge in [0.25, 0.3) is 11.6 Å². The molecule has 146 valence electrons. The molecule has 29 heavy (non-hydrogen) atoms. The van der Waals surface area contributed by atoms with Crippen LogP contribution in [0.2, 0.25) is 0 Å². The van der Waals surface area contributed by atoms with Gasteiger partial charge in [0.05, 0.1) is 4.92 Å². The molecule has 0 N–H and O–H groups in total. The molecule has 11 nitrogen and oxygen atoms in total. The molecule has 0 spiro atoms. The molecule has 0 aliphatic carbocycles. The highest BCUT2D eigenvalue weighted by Crippen LogP contribution is 2.31. The highest BCUT2D eigenvalue weighted by atomic mass is 16.7. The van der Waals surface area contributed by atoms with Crippen molar-refractivity contribution in [2.75, 3.05) is 4.90 Å². The second-order valence-electron chi connectivity index (χ2n) is 6.04. The van der Waals surface area contributed by atoms with Gasteiger partial charge in [0, 0.05) is 30.8 Å². The van der Waals surface area contributed by atoms with Crippen molar-refractivity contribution in [3.05, 3.63) is 58.8 Å². The zero-order valence-corrected chi connectivity index (χ0v) is 14.7. The summed E-state index contributed by atoms with van der Waals surface area (Å²) < 4.78 is 10.5. The van der Waals surface area contributed by atoms with Crippen LogP contribution in [0.1, 0.15) is 0 Å². The van der Waals surface area contributed by atoms with Crippen molar-refractivity contribution in [2.45, 2.75) is 18.3 Å². The number of rotatable bonds is 4. The normalized spacial score (nSPS) is 22.3. The molecule has 2 aromatic rings. The summed E-state index contributed by atoms with van der Waals surface area (Å²) in [4.78, 5) is 48.9. The van der Waals surface area contributed by atoms with Gasteiger partial charge >= 0.3 is 6.16 Å². The maximum absolute atomic E-state index is 12.8.